The number of hydrogen-bond donors (Lipinski definition) is 1. The minimum absolute atomic E-state index is 0.0457. The summed E-state index contributed by atoms with van der Waals surface area (Å²) in [6.45, 7) is 0.228. The zero-order valence-electron chi connectivity index (χ0n) is 10.5. The van der Waals surface area contributed by atoms with Crippen LogP contribution in [0.15, 0.2) is 53.8 Å². The summed E-state index contributed by atoms with van der Waals surface area (Å²) in [5, 5.41) is 14.9. The number of hydrogen-bond acceptors (Lipinski definition) is 5. The Bertz CT molecular complexity index is 631. The highest BCUT2D eigenvalue weighted by Gasteiger charge is 2.16. The third kappa shape index (κ3) is 2.89. The van der Waals surface area contributed by atoms with Crippen molar-refractivity contribution < 1.29 is 4.92 Å². The average molecular weight is 272 g/mol. The van der Waals surface area contributed by atoms with E-state index in [1.807, 2.05) is 30.3 Å². The maximum absolute atomic E-state index is 11.0. The quantitative estimate of drug-likeness (QED) is 0.390. The van der Waals surface area contributed by atoms with Gasteiger partial charge in [-0.1, -0.05) is 30.3 Å². The highest BCUT2D eigenvalue weighted by atomic mass is 16.6. The topological polar surface area (TPSA) is 102 Å². The molecule has 7 nitrogen and oxygen atoms in total. The van der Waals surface area contributed by atoms with Crippen LogP contribution in [0.1, 0.15) is 5.56 Å². The number of nitro groups is 1. The van der Waals surface area contributed by atoms with Gasteiger partial charge in [0.1, 0.15) is 5.69 Å². The van der Waals surface area contributed by atoms with Crippen LogP contribution < -0.4 is 10.7 Å². The number of nitroso groups, excluding NO2 is 1. The number of rotatable bonds is 5. The summed E-state index contributed by atoms with van der Waals surface area (Å²) in [6.07, 6.45) is 0. The molecule has 0 aliphatic carbocycles. The molecule has 2 aromatic carbocycles. The van der Waals surface area contributed by atoms with Gasteiger partial charge in [0.05, 0.1) is 22.4 Å². The van der Waals surface area contributed by atoms with Crippen molar-refractivity contribution in [2.24, 2.45) is 5.29 Å². The van der Waals surface area contributed by atoms with Crippen molar-refractivity contribution in [3.05, 3.63) is 69.1 Å². The summed E-state index contributed by atoms with van der Waals surface area (Å²) in [4.78, 5) is 21.2. The molecule has 20 heavy (non-hydrogen) atoms. The van der Waals surface area contributed by atoms with Crippen LogP contribution in [0.4, 0.5) is 17.1 Å². The lowest BCUT2D eigenvalue weighted by Crippen LogP contribution is -2.15. The number of nitrogens with two attached hydrogens (primary N) is 1. The van der Waals surface area contributed by atoms with Gasteiger partial charge in [-0.2, -0.15) is 0 Å². The first kappa shape index (κ1) is 13.5. The third-order valence-electron chi connectivity index (χ3n) is 2.78. The predicted molar refractivity (Wildman–Crippen MR) is 75.9 cm³/mol. The molecule has 0 atom stereocenters. The summed E-state index contributed by atoms with van der Waals surface area (Å²) in [5.41, 5.74) is 6.51. The van der Waals surface area contributed by atoms with Crippen molar-refractivity contribution in [3.63, 3.8) is 0 Å². The molecule has 2 N–H and O–H groups in total. The lowest BCUT2D eigenvalue weighted by molar-refractivity contribution is -0.383. The van der Waals surface area contributed by atoms with Gasteiger partial charge in [-0.15, -0.1) is 4.91 Å². The second-order valence-electron chi connectivity index (χ2n) is 4.13. The Balaban J connectivity index is 2.30. The van der Waals surface area contributed by atoms with Crippen molar-refractivity contribution in [3.8, 4) is 0 Å². The number of nitrogen functional groups attached to an aromatic ring is 1. The monoisotopic (exact) mass is 272 g/mol. The maximum atomic E-state index is 11.0. The van der Waals surface area contributed by atoms with E-state index >= 15 is 0 Å². The summed E-state index contributed by atoms with van der Waals surface area (Å²) in [7, 11) is 0. The van der Waals surface area contributed by atoms with Crippen LogP contribution in [0.2, 0.25) is 0 Å². The summed E-state index contributed by atoms with van der Waals surface area (Å²) >= 11 is 0. The lowest BCUT2D eigenvalue weighted by atomic mass is 10.2. The summed E-state index contributed by atoms with van der Waals surface area (Å²) in [5.74, 6) is 0. The highest BCUT2D eigenvalue weighted by molar-refractivity contribution is 5.66. The van der Waals surface area contributed by atoms with Gasteiger partial charge in [-0.25, -0.2) is 5.01 Å². The van der Waals surface area contributed by atoms with Gasteiger partial charge in [0.2, 0.25) is 0 Å². The highest BCUT2D eigenvalue weighted by Crippen LogP contribution is 2.28. The van der Waals surface area contributed by atoms with Crippen molar-refractivity contribution >= 4 is 17.1 Å². The van der Waals surface area contributed by atoms with E-state index in [1.54, 1.807) is 0 Å². The van der Waals surface area contributed by atoms with E-state index in [2.05, 4.69) is 5.29 Å². The molecular weight excluding hydrogens is 260 g/mol. The first-order chi connectivity index (χ1) is 9.61. The van der Waals surface area contributed by atoms with E-state index < -0.39 is 4.92 Å². The second-order valence-corrected chi connectivity index (χ2v) is 4.13. The fourth-order valence-corrected chi connectivity index (χ4v) is 1.77. The van der Waals surface area contributed by atoms with Gasteiger partial charge >= 0.3 is 0 Å². The van der Waals surface area contributed by atoms with Crippen LogP contribution >= 0.6 is 0 Å². The van der Waals surface area contributed by atoms with Crippen LogP contribution in [-0.2, 0) is 6.54 Å². The summed E-state index contributed by atoms with van der Waals surface area (Å²) < 4.78 is 0. The minimum atomic E-state index is -0.593. The number of nitrogens with zero attached hydrogens (tertiary/aromatic N) is 3. The summed E-state index contributed by atoms with van der Waals surface area (Å²) in [6, 6.07) is 13.3. The normalized spacial score (nSPS) is 10.0. The van der Waals surface area contributed by atoms with E-state index in [0.717, 1.165) is 10.6 Å². The van der Waals surface area contributed by atoms with Gasteiger partial charge in [0, 0.05) is 6.07 Å². The Labute approximate surface area is 114 Å². The van der Waals surface area contributed by atoms with Crippen molar-refractivity contribution in [2.75, 3.05) is 10.7 Å². The average Bonchev–Trinajstić information content (AvgIpc) is 2.46. The molecule has 0 saturated heterocycles. The second kappa shape index (κ2) is 5.79. The Kier molecular flexibility index (Phi) is 3.90. The lowest BCUT2D eigenvalue weighted by Gasteiger charge is -2.15. The molecule has 7 heteroatoms. The molecular formula is C13H12N4O3. The van der Waals surface area contributed by atoms with E-state index in [1.165, 1.54) is 18.2 Å². The van der Waals surface area contributed by atoms with Gasteiger partial charge in [0.25, 0.3) is 5.69 Å². The SMILES string of the molecule is Nc1ccc(N(Cc2ccccc2)N=O)cc1[N+](=O)[O-]. The molecule has 2 aromatic rings. The fraction of sp³-hybridized carbons (Fsp3) is 0.0769. The molecule has 0 radical (unpaired) electrons. The van der Waals surface area contributed by atoms with Crippen LogP contribution in [0, 0.1) is 15.0 Å². The predicted octanol–water partition coefficient (Wildman–Crippen LogP) is 2.87. The van der Waals surface area contributed by atoms with Crippen LogP contribution in [-0.4, -0.2) is 4.92 Å². The Hall–Kier alpha value is -2.96. The first-order valence-electron chi connectivity index (χ1n) is 5.80. The molecule has 0 bridgehead atoms. The zero-order chi connectivity index (χ0) is 14.5. The molecule has 0 amide bonds. The molecule has 2 rings (SSSR count). The van der Waals surface area contributed by atoms with Crippen molar-refractivity contribution in [2.45, 2.75) is 6.54 Å². The Morgan fingerprint density at radius 1 is 1.20 bits per heavy atom. The molecule has 0 spiro atoms. The Morgan fingerprint density at radius 3 is 2.50 bits per heavy atom. The van der Waals surface area contributed by atoms with Gasteiger partial charge in [0.15, 0.2) is 0 Å². The standard InChI is InChI=1S/C13H12N4O3/c14-12-7-6-11(8-13(12)17(19)20)16(15-18)9-10-4-2-1-3-5-10/h1-8H,9,14H2. The molecule has 0 aliphatic rings. The minimum Gasteiger partial charge on any atom is -0.393 e. The number of nitro benzene ring substituents is 1. The van der Waals surface area contributed by atoms with E-state index in [9.17, 15) is 15.0 Å². The number of anilines is 2. The van der Waals surface area contributed by atoms with Gasteiger partial charge < -0.3 is 5.73 Å². The van der Waals surface area contributed by atoms with Crippen LogP contribution in [0.5, 0.6) is 0 Å². The van der Waals surface area contributed by atoms with Crippen LogP contribution in [0.25, 0.3) is 0 Å². The molecule has 102 valence electrons. The molecule has 0 saturated carbocycles. The molecule has 0 unspecified atom stereocenters. The molecule has 0 fully saturated rings. The first-order valence-corrected chi connectivity index (χ1v) is 5.80. The van der Waals surface area contributed by atoms with Crippen molar-refractivity contribution in [1.29, 1.82) is 0 Å². The molecule has 0 heterocycles. The zero-order valence-corrected chi connectivity index (χ0v) is 10.5. The third-order valence-corrected chi connectivity index (χ3v) is 2.78. The molecule has 0 aromatic heterocycles. The fourth-order valence-electron chi connectivity index (χ4n) is 1.77. The Morgan fingerprint density at radius 2 is 1.90 bits per heavy atom. The van der Waals surface area contributed by atoms with E-state index in [0.29, 0.717) is 5.69 Å². The van der Waals surface area contributed by atoms with Crippen molar-refractivity contribution in [1.82, 2.24) is 0 Å². The van der Waals surface area contributed by atoms with E-state index in [4.69, 9.17) is 5.73 Å². The maximum Gasteiger partial charge on any atom is 0.294 e. The molecule has 0 aliphatic heterocycles. The number of benzene rings is 2. The van der Waals surface area contributed by atoms with Gasteiger partial charge in [-0.05, 0) is 17.7 Å². The van der Waals surface area contributed by atoms with E-state index in [-0.39, 0.29) is 17.9 Å². The largest absolute Gasteiger partial charge is 0.393 e. The van der Waals surface area contributed by atoms with Gasteiger partial charge in [-0.3, -0.25) is 10.1 Å². The van der Waals surface area contributed by atoms with Crippen LogP contribution in [0.3, 0.4) is 0 Å². The smallest absolute Gasteiger partial charge is 0.294 e.